The molecule has 5 rings (SSSR count). The summed E-state index contributed by atoms with van der Waals surface area (Å²) in [5.74, 6) is 0.821. The Balaban J connectivity index is 1.81. The Kier molecular flexibility index (Phi) is 3.39. The van der Waals surface area contributed by atoms with Gasteiger partial charge in [0.25, 0.3) is 0 Å². The van der Waals surface area contributed by atoms with Gasteiger partial charge in [-0.15, -0.1) is 0 Å². The minimum Gasteiger partial charge on any atom is -0.435 e. The van der Waals surface area contributed by atoms with Crippen molar-refractivity contribution in [3.05, 3.63) is 53.9 Å². The van der Waals surface area contributed by atoms with Crippen LogP contribution in [0.3, 0.4) is 0 Å². The molecule has 0 saturated carbocycles. The van der Waals surface area contributed by atoms with Crippen molar-refractivity contribution in [2.24, 2.45) is 0 Å². The zero-order chi connectivity index (χ0) is 20.5. The van der Waals surface area contributed by atoms with Gasteiger partial charge in [-0.3, -0.25) is 0 Å². The van der Waals surface area contributed by atoms with Crippen LogP contribution < -0.4 is 9.80 Å². The molecule has 1 aliphatic heterocycles. The minimum atomic E-state index is -0.814. The van der Waals surface area contributed by atoms with E-state index < -0.39 is 6.02 Å². The third-order valence-corrected chi connectivity index (χ3v) is 5.55. The topological polar surface area (TPSA) is 45.4 Å². The van der Waals surface area contributed by atoms with E-state index in [0.717, 1.165) is 44.8 Å². The predicted octanol–water partition coefficient (Wildman–Crippen LogP) is 5.71. The van der Waals surface area contributed by atoms with E-state index in [0.29, 0.717) is 5.71 Å². The van der Waals surface area contributed by atoms with Crippen LogP contribution in [0.5, 0.6) is 0 Å². The monoisotopic (exact) mass is 373 g/mol. The van der Waals surface area contributed by atoms with E-state index in [1.807, 2.05) is 37.8 Å². The van der Waals surface area contributed by atoms with E-state index in [2.05, 4.69) is 53.0 Å². The maximum absolute atomic E-state index is 8.70. The summed E-state index contributed by atoms with van der Waals surface area (Å²) in [6.45, 7) is 9.97. The van der Waals surface area contributed by atoms with Crippen molar-refractivity contribution < 1.29 is 5.79 Å². The summed E-state index contributed by atoms with van der Waals surface area (Å²) in [5, 5.41) is 2.07. The summed E-state index contributed by atoms with van der Waals surface area (Å²) in [6.07, 6.45) is 1.70. The molecule has 4 heterocycles. The van der Waals surface area contributed by atoms with E-state index >= 15 is 0 Å². The Hall–Kier alpha value is -3.08. The van der Waals surface area contributed by atoms with Crippen molar-refractivity contribution in [2.45, 2.75) is 46.8 Å². The van der Waals surface area contributed by atoms with E-state index in [1.54, 1.807) is 6.20 Å². The molecule has 0 amide bonds. The van der Waals surface area contributed by atoms with Crippen LogP contribution in [0.4, 0.5) is 17.2 Å². The van der Waals surface area contributed by atoms with Gasteiger partial charge in [0.05, 0.1) is 12.7 Å². The molecule has 0 aliphatic carbocycles. The number of nitrogens with zero attached hydrogens (tertiary/aromatic N) is 4. The molecule has 3 aromatic heterocycles. The van der Waals surface area contributed by atoms with Gasteiger partial charge in [0.15, 0.2) is 11.4 Å². The summed E-state index contributed by atoms with van der Waals surface area (Å²) in [4.78, 5) is 13.5. The van der Waals surface area contributed by atoms with Gasteiger partial charge in [0.1, 0.15) is 6.17 Å². The molecule has 4 aromatic rings. The fourth-order valence-corrected chi connectivity index (χ4v) is 4.35. The number of aryl methyl sites for hydroxylation is 2. The molecule has 1 unspecified atom stereocenters. The summed E-state index contributed by atoms with van der Waals surface area (Å²) < 4.78 is 15.0. The lowest BCUT2D eigenvalue weighted by molar-refractivity contribution is 0.597. The maximum Gasteiger partial charge on any atom is 0.227 e. The molecular weight excluding hydrogens is 348 g/mol. The zero-order valence-corrected chi connectivity index (χ0v) is 16.8. The van der Waals surface area contributed by atoms with Crippen LogP contribution in [0.15, 0.2) is 47.0 Å². The fraction of sp³-hybridized carbons (Fsp3) is 0.304. The third kappa shape index (κ3) is 2.25. The third-order valence-electron chi connectivity index (χ3n) is 5.55. The SMILES string of the molecule is [2H]C(C)(C)N1c2ncccc2N(c2c(C)ccc3c2oc2nc(C)ccc23)C1C. The predicted molar refractivity (Wildman–Crippen MR) is 114 cm³/mol. The first-order valence-electron chi connectivity index (χ1n) is 10.1. The van der Waals surface area contributed by atoms with Crippen LogP contribution in [-0.4, -0.2) is 22.2 Å². The lowest BCUT2D eigenvalue weighted by Crippen LogP contribution is -2.42. The van der Waals surface area contributed by atoms with Crippen molar-refractivity contribution in [3.8, 4) is 0 Å². The molecule has 0 N–H and O–H groups in total. The summed E-state index contributed by atoms with van der Waals surface area (Å²) in [7, 11) is 0. The summed E-state index contributed by atoms with van der Waals surface area (Å²) in [5.41, 5.74) is 5.51. The molecule has 1 aliphatic rings. The average molecular weight is 373 g/mol. The molecule has 0 bridgehead atoms. The molecular formula is C23H24N4O. The van der Waals surface area contributed by atoms with Crippen LogP contribution in [0.1, 0.15) is 33.4 Å². The Morgan fingerprint density at radius 1 is 1.11 bits per heavy atom. The van der Waals surface area contributed by atoms with Gasteiger partial charge in [0, 0.05) is 28.7 Å². The lowest BCUT2D eigenvalue weighted by Gasteiger charge is -2.33. The molecule has 5 heteroatoms. The number of hydrogen-bond acceptors (Lipinski definition) is 5. The Morgan fingerprint density at radius 3 is 2.68 bits per heavy atom. The second-order valence-corrected chi connectivity index (χ2v) is 7.68. The standard InChI is InChI=1S/C23H24N4O/c1-13(2)26-16(5)27(19-7-6-12-24-22(19)26)20-14(3)8-10-17-18-11-9-15(4)25-23(18)28-21(17)20/h6-13,16H,1-5H3/i13D. The van der Waals surface area contributed by atoms with Crippen LogP contribution in [0, 0.1) is 13.8 Å². The quantitative estimate of drug-likeness (QED) is 0.451. The van der Waals surface area contributed by atoms with E-state index in [-0.39, 0.29) is 6.17 Å². The number of anilines is 3. The first-order chi connectivity index (χ1) is 13.8. The maximum atomic E-state index is 8.70. The molecule has 0 radical (unpaired) electrons. The Bertz CT molecular complexity index is 1260. The summed E-state index contributed by atoms with van der Waals surface area (Å²) >= 11 is 0. The normalized spacial score (nSPS) is 17.5. The summed E-state index contributed by atoms with van der Waals surface area (Å²) in [6, 6.07) is 11.5. The second-order valence-electron chi connectivity index (χ2n) is 7.68. The molecule has 142 valence electrons. The molecule has 0 spiro atoms. The van der Waals surface area contributed by atoms with Gasteiger partial charge in [0.2, 0.25) is 5.71 Å². The van der Waals surface area contributed by atoms with Crippen LogP contribution in [-0.2, 0) is 0 Å². The minimum absolute atomic E-state index is 0.0837. The molecule has 28 heavy (non-hydrogen) atoms. The first-order valence-corrected chi connectivity index (χ1v) is 9.60. The van der Waals surface area contributed by atoms with Crippen molar-refractivity contribution in [3.63, 3.8) is 0 Å². The van der Waals surface area contributed by atoms with Crippen LogP contribution in [0.25, 0.3) is 22.1 Å². The van der Waals surface area contributed by atoms with Gasteiger partial charge in [-0.05, 0) is 64.4 Å². The highest BCUT2D eigenvalue weighted by Crippen LogP contribution is 2.47. The van der Waals surface area contributed by atoms with Crippen molar-refractivity contribution >= 4 is 39.3 Å². The number of furan rings is 1. The van der Waals surface area contributed by atoms with Gasteiger partial charge in [-0.1, -0.05) is 12.1 Å². The fourth-order valence-electron chi connectivity index (χ4n) is 4.35. The van der Waals surface area contributed by atoms with Crippen LogP contribution in [0.2, 0.25) is 0 Å². The average Bonchev–Trinajstić information content (AvgIpc) is 3.15. The number of hydrogen-bond donors (Lipinski definition) is 0. The Labute approximate surface area is 166 Å². The molecule has 0 fully saturated rings. The molecule has 0 saturated heterocycles. The number of benzene rings is 1. The number of rotatable bonds is 2. The number of fused-ring (bicyclic) bond motifs is 4. The number of aromatic nitrogens is 2. The number of pyridine rings is 2. The van der Waals surface area contributed by atoms with Crippen molar-refractivity contribution in [1.82, 2.24) is 9.97 Å². The Morgan fingerprint density at radius 2 is 1.89 bits per heavy atom. The molecule has 5 nitrogen and oxygen atoms in total. The van der Waals surface area contributed by atoms with Gasteiger partial charge in [-0.25, -0.2) is 9.97 Å². The highest BCUT2D eigenvalue weighted by atomic mass is 16.3. The molecule has 1 atom stereocenters. The van der Waals surface area contributed by atoms with Gasteiger partial charge in [-0.2, -0.15) is 0 Å². The van der Waals surface area contributed by atoms with E-state index in [4.69, 9.17) is 5.79 Å². The van der Waals surface area contributed by atoms with E-state index in [1.165, 1.54) is 0 Å². The van der Waals surface area contributed by atoms with Crippen molar-refractivity contribution in [1.29, 1.82) is 0 Å². The lowest BCUT2D eigenvalue weighted by atomic mass is 10.1. The van der Waals surface area contributed by atoms with Crippen LogP contribution >= 0.6 is 0 Å². The first kappa shape index (κ1) is 15.9. The largest absolute Gasteiger partial charge is 0.435 e. The zero-order valence-electron chi connectivity index (χ0n) is 17.8. The van der Waals surface area contributed by atoms with Crippen molar-refractivity contribution in [2.75, 3.05) is 9.80 Å². The second kappa shape index (κ2) is 5.96. The molecule has 1 aromatic carbocycles. The smallest absolute Gasteiger partial charge is 0.227 e. The van der Waals surface area contributed by atoms with E-state index in [9.17, 15) is 0 Å². The highest BCUT2D eigenvalue weighted by molar-refractivity contribution is 6.09. The highest BCUT2D eigenvalue weighted by Gasteiger charge is 2.38. The van der Waals surface area contributed by atoms with Gasteiger partial charge >= 0.3 is 0 Å². The van der Waals surface area contributed by atoms with Gasteiger partial charge < -0.3 is 14.2 Å².